The zero-order valence-electron chi connectivity index (χ0n) is 34.9. The van der Waals surface area contributed by atoms with Gasteiger partial charge in [-0.1, -0.05) is 224 Å². The summed E-state index contributed by atoms with van der Waals surface area (Å²) in [5.41, 5.74) is 0. The van der Waals surface area contributed by atoms with Crippen molar-refractivity contribution in [2.24, 2.45) is 0 Å². The standard InChI is InChI=1S/C64H38/c1-2-56-59-37-36-55-51-28-24-49(25-29-51)47-20-16-45(17-21-47)43-12-8-41(9-13-43)39-4-6-40(7-5-39)42-10-14-44(15-11-42)46-18-22-48(23-19-46)50-26-30-52(31-27-50)60-38-54-33-32-53-34-35-58(55)64(59)61(53)62(54)63(56)57(60)3-1/h1-38H. The number of rotatable bonds is 0. The number of hydrogen-bond donors (Lipinski definition) is 0. The molecule has 0 nitrogen and oxygen atoms in total. The normalized spacial score (nSPS) is 12.1. The van der Waals surface area contributed by atoms with Gasteiger partial charge >= 0.3 is 0 Å². The lowest BCUT2D eigenvalue weighted by molar-refractivity contribution is 1.39. The van der Waals surface area contributed by atoms with Crippen molar-refractivity contribution in [3.05, 3.63) is 314 Å². The molecule has 24 aliphatic rings. The van der Waals surface area contributed by atoms with Crippen molar-refractivity contribution in [1.82, 2.24) is 0 Å². The Hall–Kier alpha value is -8.32. The van der Waals surface area contributed by atoms with Gasteiger partial charge in [-0.2, -0.15) is 0 Å². The maximum atomic E-state index is 2.43. The first-order chi connectivity index (χ1) is 31.7. The van der Waals surface area contributed by atoms with E-state index in [9.17, 15) is 0 Å². The largest absolute Gasteiger partial charge is 0.0610 e. The third kappa shape index (κ3) is 5.36. The van der Waals surface area contributed by atoms with Crippen molar-refractivity contribution in [1.29, 1.82) is 0 Å². The molecule has 294 valence electrons. The monoisotopic (exact) mass is 806 g/mol. The molecule has 0 aromatic heterocycles. The third-order valence-corrected chi connectivity index (χ3v) is 14.2. The SMILES string of the molecule is c1cc2c3cc4ccc5ccc6c(ccc7c(c1)c2c4c5c67)=c1ccc(cc1)=c1ccc(cc1)=c1ccc(cc1)=c1ccc(cc1)=c1ccc(cc1)=c1ccc(cc1)=c1ccc=3cc1. The van der Waals surface area contributed by atoms with Crippen molar-refractivity contribution in [3.8, 4) is 0 Å². The highest BCUT2D eigenvalue weighted by atomic mass is 14.2. The highest BCUT2D eigenvalue weighted by Gasteiger charge is 2.18. The van der Waals surface area contributed by atoms with Gasteiger partial charge in [0.05, 0.1) is 0 Å². The Labute approximate surface area is 366 Å². The van der Waals surface area contributed by atoms with Gasteiger partial charge in [0.1, 0.15) is 0 Å². The lowest BCUT2D eigenvalue weighted by Crippen LogP contribution is -1.92. The molecule has 0 saturated heterocycles. The van der Waals surface area contributed by atoms with E-state index in [-0.39, 0.29) is 0 Å². The summed E-state index contributed by atoms with van der Waals surface area (Å²) >= 11 is 0. The summed E-state index contributed by atoms with van der Waals surface area (Å²) in [6, 6.07) is 86.5. The highest BCUT2D eigenvalue weighted by molar-refractivity contribution is 6.39. The first kappa shape index (κ1) is 35.3. The molecule has 64 heavy (non-hydrogen) atoms. The van der Waals surface area contributed by atoms with Crippen molar-refractivity contribution < 1.29 is 0 Å². The van der Waals surface area contributed by atoms with Crippen molar-refractivity contribution >= 4 is 53.9 Å². The van der Waals surface area contributed by atoms with E-state index in [1.165, 1.54) is 137 Å². The average Bonchev–Trinajstić information content (AvgIpc) is 3.38. The molecule has 0 spiro atoms. The van der Waals surface area contributed by atoms with Gasteiger partial charge in [0, 0.05) is 0 Å². The van der Waals surface area contributed by atoms with Crippen LogP contribution in [-0.2, 0) is 0 Å². The van der Waals surface area contributed by atoms with Crippen LogP contribution in [0.2, 0.25) is 0 Å². The minimum absolute atomic E-state index is 1.21. The smallest absolute Gasteiger partial charge is 0.00136 e. The highest BCUT2D eigenvalue weighted by Crippen LogP contribution is 2.45. The van der Waals surface area contributed by atoms with Crippen molar-refractivity contribution in [2.75, 3.05) is 0 Å². The minimum Gasteiger partial charge on any atom is -0.0610 e. The van der Waals surface area contributed by atoms with Crippen LogP contribution in [0, 0.1) is 83.5 Å². The predicted octanol–water partition coefficient (Wildman–Crippen LogP) is 14.9. The van der Waals surface area contributed by atoms with Gasteiger partial charge in [-0.3, -0.25) is 0 Å². The second-order valence-electron chi connectivity index (χ2n) is 17.6. The third-order valence-electron chi connectivity index (χ3n) is 14.2. The molecule has 0 aliphatic heterocycles. The van der Waals surface area contributed by atoms with Crippen LogP contribution in [0.25, 0.3) is 53.9 Å². The molecular formula is C64H38. The van der Waals surface area contributed by atoms with Crippen LogP contribution in [0.15, 0.2) is 231 Å². The first-order valence-corrected chi connectivity index (χ1v) is 22.3. The van der Waals surface area contributed by atoms with Crippen molar-refractivity contribution in [2.45, 2.75) is 0 Å². The first-order valence-electron chi connectivity index (χ1n) is 22.3. The summed E-state index contributed by atoms with van der Waals surface area (Å²) in [4.78, 5) is 0. The van der Waals surface area contributed by atoms with Crippen LogP contribution in [0.5, 0.6) is 0 Å². The second-order valence-corrected chi connectivity index (χ2v) is 17.6. The van der Waals surface area contributed by atoms with E-state index in [4.69, 9.17) is 0 Å². The molecule has 0 saturated carbocycles. The fourth-order valence-corrected chi connectivity index (χ4v) is 10.8. The summed E-state index contributed by atoms with van der Waals surface area (Å²) in [6.45, 7) is 0. The lowest BCUT2D eigenvalue weighted by Gasteiger charge is -2.18. The molecular weight excluding hydrogens is 769 g/mol. The van der Waals surface area contributed by atoms with Gasteiger partial charge in [0.15, 0.2) is 0 Å². The van der Waals surface area contributed by atoms with Gasteiger partial charge in [0.2, 0.25) is 0 Å². The quantitative estimate of drug-likeness (QED) is 0.106. The summed E-state index contributed by atoms with van der Waals surface area (Å²) in [6.07, 6.45) is 0. The average molecular weight is 807 g/mol. The Morgan fingerprint density at radius 3 is 0.828 bits per heavy atom. The van der Waals surface area contributed by atoms with Crippen LogP contribution >= 0.6 is 0 Å². The second kappa shape index (κ2) is 13.6. The molecule has 13 aromatic rings. The Balaban J connectivity index is 1.08. The van der Waals surface area contributed by atoms with E-state index >= 15 is 0 Å². The van der Waals surface area contributed by atoms with E-state index in [1.54, 1.807) is 0 Å². The van der Waals surface area contributed by atoms with Gasteiger partial charge in [-0.05, 0) is 143 Å². The van der Waals surface area contributed by atoms with Gasteiger partial charge < -0.3 is 0 Å². The van der Waals surface area contributed by atoms with Crippen LogP contribution in [0.4, 0.5) is 0 Å². The van der Waals surface area contributed by atoms with E-state index in [0.29, 0.717) is 0 Å². The van der Waals surface area contributed by atoms with Crippen LogP contribution in [0.1, 0.15) is 0 Å². The molecule has 0 atom stereocenters. The molecule has 0 amide bonds. The number of hydrogen-bond acceptors (Lipinski definition) is 0. The predicted molar refractivity (Wildman–Crippen MR) is 263 cm³/mol. The van der Waals surface area contributed by atoms with Gasteiger partial charge in [-0.15, -0.1) is 0 Å². The Kier molecular flexibility index (Phi) is 7.49. The summed E-state index contributed by atoms with van der Waals surface area (Å²) in [5, 5.41) is 32.8. The maximum absolute atomic E-state index is 2.43. The fraction of sp³-hybridized carbons (Fsp3) is 0. The minimum atomic E-state index is 1.21. The Bertz CT molecular complexity index is 4780. The fourth-order valence-electron chi connectivity index (χ4n) is 10.8. The van der Waals surface area contributed by atoms with Crippen LogP contribution < -0.4 is 0 Å². The van der Waals surface area contributed by atoms with E-state index in [0.717, 1.165) is 0 Å². The van der Waals surface area contributed by atoms with Crippen LogP contribution in [0.3, 0.4) is 0 Å². The molecule has 24 aliphatic carbocycles. The zero-order valence-corrected chi connectivity index (χ0v) is 34.9. The van der Waals surface area contributed by atoms with E-state index in [1.807, 2.05) is 0 Å². The Morgan fingerprint density at radius 2 is 0.422 bits per heavy atom. The molecule has 0 heterocycles. The van der Waals surface area contributed by atoms with Crippen molar-refractivity contribution in [3.63, 3.8) is 0 Å². The Morgan fingerprint density at radius 1 is 0.156 bits per heavy atom. The molecule has 0 unspecified atom stereocenters. The van der Waals surface area contributed by atoms with Gasteiger partial charge in [0.25, 0.3) is 0 Å². The topological polar surface area (TPSA) is 0 Å². The molecule has 37 rings (SSSR count). The molecule has 0 N–H and O–H groups in total. The van der Waals surface area contributed by atoms with E-state index in [2.05, 4.69) is 231 Å². The maximum Gasteiger partial charge on any atom is -0.00136 e. The summed E-state index contributed by atoms with van der Waals surface area (Å²) in [7, 11) is 0. The molecule has 0 fully saturated rings. The zero-order chi connectivity index (χ0) is 41.9. The summed E-state index contributed by atoms with van der Waals surface area (Å²) < 4.78 is 0. The molecule has 25 bridgehead atoms. The number of benzene rings is 13. The molecule has 0 radical (unpaired) electrons. The van der Waals surface area contributed by atoms with Gasteiger partial charge in [-0.25, -0.2) is 0 Å². The van der Waals surface area contributed by atoms with E-state index < -0.39 is 0 Å². The summed E-state index contributed by atoms with van der Waals surface area (Å²) in [5.74, 6) is 0. The lowest BCUT2D eigenvalue weighted by atomic mass is 9.84. The molecule has 13 aromatic carbocycles. The van der Waals surface area contributed by atoms with Crippen LogP contribution in [-0.4, -0.2) is 0 Å². The molecule has 0 heteroatoms.